The average molecular weight is 331 g/mol. The molecule has 5 rings (SSSR count). The lowest BCUT2D eigenvalue weighted by molar-refractivity contribution is -0.148. The number of hydrogen-bond donors (Lipinski definition) is 2. The number of carbonyl (C=O) groups is 2. The highest BCUT2D eigenvalue weighted by Crippen LogP contribution is 2.44. The molecule has 128 valence electrons. The molecule has 2 bridgehead atoms. The molecular weight excluding hydrogens is 309 g/mol. The van der Waals surface area contributed by atoms with E-state index < -0.39 is 5.54 Å². The van der Waals surface area contributed by atoms with Gasteiger partial charge in [0.1, 0.15) is 11.4 Å². The third-order valence-electron chi connectivity index (χ3n) is 5.77. The summed E-state index contributed by atoms with van der Waals surface area (Å²) in [6.07, 6.45) is 2.93. The largest absolute Gasteiger partial charge is 0.371 e. The Bertz CT molecular complexity index is 692. The monoisotopic (exact) mass is 331 g/mol. The maximum Gasteiger partial charge on any atom is 0.252 e. The molecule has 0 radical (unpaired) electrons. The van der Waals surface area contributed by atoms with Crippen molar-refractivity contribution in [3.63, 3.8) is 0 Å². The topological polar surface area (TPSA) is 61.4 Å². The van der Waals surface area contributed by atoms with Crippen LogP contribution in [0.15, 0.2) is 18.2 Å². The number of likely N-dealkylation sites (tertiary alicyclic amines) is 1. The number of rotatable bonds is 3. The third kappa shape index (κ3) is 2.49. The van der Waals surface area contributed by atoms with Crippen LogP contribution in [0.2, 0.25) is 0 Å². The fourth-order valence-corrected chi connectivity index (χ4v) is 4.18. The summed E-state index contributed by atoms with van der Waals surface area (Å²) in [6, 6.07) is 5.17. The number of nitrogens with one attached hydrogen (secondary N) is 2. The number of imide groups is 1. The van der Waals surface area contributed by atoms with Gasteiger partial charge in [0.05, 0.1) is 0 Å². The van der Waals surface area contributed by atoms with Crippen molar-refractivity contribution in [2.75, 3.05) is 25.5 Å². The molecule has 2 N–H and O–H groups in total. The standard InChI is InChI=1S/C18H22FN3O2/c1-22-6-4-11(5-7-22)14-3-2-13(8-15(14)19)21-18-9-12(10-18)16(23)20-17(18)24/h2-3,8,11-12,21H,4-7,9-10H2,1H3,(H,20,23,24). The van der Waals surface area contributed by atoms with Crippen LogP contribution in [0.3, 0.4) is 0 Å². The lowest BCUT2D eigenvalue weighted by Gasteiger charge is -2.50. The number of anilines is 1. The lowest BCUT2D eigenvalue weighted by atomic mass is 9.64. The summed E-state index contributed by atoms with van der Waals surface area (Å²) in [7, 11) is 2.09. The maximum atomic E-state index is 14.6. The Balaban J connectivity index is 1.49. The molecule has 4 aliphatic rings. The first-order valence-electron chi connectivity index (χ1n) is 8.58. The van der Waals surface area contributed by atoms with Crippen LogP contribution in [0.4, 0.5) is 10.1 Å². The van der Waals surface area contributed by atoms with Gasteiger partial charge in [0, 0.05) is 11.6 Å². The van der Waals surface area contributed by atoms with E-state index in [4.69, 9.17) is 0 Å². The molecule has 3 heterocycles. The molecule has 5 nitrogen and oxygen atoms in total. The molecule has 3 saturated heterocycles. The van der Waals surface area contributed by atoms with Gasteiger partial charge in [0.15, 0.2) is 0 Å². The van der Waals surface area contributed by atoms with Gasteiger partial charge in [0.2, 0.25) is 5.91 Å². The summed E-state index contributed by atoms with van der Waals surface area (Å²) in [4.78, 5) is 25.9. The zero-order valence-corrected chi connectivity index (χ0v) is 13.8. The van der Waals surface area contributed by atoms with E-state index in [1.54, 1.807) is 0 Å². The zero-order valence-electron chi connectivity index (χ0n) is 13.8. The van der Waals surface area contributed by atoms with Crippen LogP contribution in [-0.4, -0.2) is 42.4 Å². The Morgan fingerprint density at radius 1 is 1.21 bits per heavy atom. The van der Waals surface area contributed by atoms with Gasteiger partial charge >= 0.3 is 0 Å². The van der Waals surface area contributed by atoms with E-state index in [1.165, 1.54) is 6.07 Å². The Morgan fingerprint density at radius 2 is 1.92 bits per heavy atom. The molecule has 3 aliphatic heterocycles. The molecule has 1 aliphatic carbocycles. The van der Waals surface area contributed by atoms with Gasteiger partial charge in [-0.05, 0) is 69.4 Å². The van der Waals surface area contributed by atoms with Crippen LogP contribution in [0, 0.1) is 11.7 Å². The predicted molar refractivity (Wildman–Crippen MR) is 88.1 cm³/mol. The van der Waals surface area contributed by atoms with Crippen molar-refractivity contribution in [1.29, 1.82) is 0 Å². The van der Waals surface area contributed by atoms with Gasteiger partial charge < -0.3 is 10.2 Å². The van der Waals surface area contributed by atoms with Gasteiger partial charge in [-0.1, -0.05) is 6.07 Å². The van der Waals surface area contributed by atoms with Crippen molar-refractivity contribution < 1.29 is 14.0 Å². The average Bonchev–Trinajstić information content (AvgIpc) is 2.50. The van der Waals surface area contributed by atoms with E-state index >= 15 is 0 Å². The van der Waals surface area contributed by atoms with Crippen molar-refractivity contribution in [3.8, 4) is 0 Å². The van der Waals surface area contributed by atoms with E-state index in [1.807, 2.05) is 12.1 Å². The van der Waals surface area contributed by atoms with Crippen molar-refractivity contribution >= 4 is 17.5 Å². The van der Waals surface area contributed by atoms with Crippen molar-refractivity contribution in [3.05, 3.63) is 29.6 Å². The Morgan fingerprint density at radius 3 is 2.54 bits per heavy atom. The number of carbonyl (C=O) groups excluding carboxylic acids is 2. The highest BCUT2D eigenvalue weighted by Gasteiger charge is 2.57. The van der Waals surface area contributed by atoms with Gasteiger partial charge in [-0.15, -0.1) is 0 Å². The summed E-state index contributed by atoms with van der Waals surface area (Å²) in [6.45, 7) is 1.98. The molecule has 0 unspecified atom stereocenters. The quantitative estimate of drug-likeness (QED) is 0.830. The molecule has 1 saturated carbocycles. The molecule has 24 heavy (non-hydrogen) atoms. The third-order valence-corrected chi connectivity index (χ3v) is 5.77. The minimum Gasteiger partial charge on any atom is -0.371 e. The Kier molecular flexibility index (Phi) is 3.60. The van der Waals surface area contributed by atoms with Gasteiger partial charge in [0.25, 0.3) is 5.91 Å². The smallest absolute Gasteiger partial charge is 0.252 e. The summed E-state index contributed by atoms with van der Waals surface area (Å²) in [5.74, 6) is -0.535. The Hall–Kier alpha value is -1.95. The first-order valence-corrected chi connectivity index (χ1v) is 8.58. The van der Waals surface area contributed by atoms with Crippen LogP contribution < -0.4 is 10.6 Å². The normalized spacial score (nSPS) is 30.7. The van der Waals surface area contributed by atoms with Crippen molar-refractivity contribution in [2.24, 2.45) is 5.92 Å². The maximum absolute atomic E-state index is 14.6. The molecule has 6 heteroatoms. The number of fused-ring (bicyclic) bond motifs is 2. The van der Waals surface area contributed by atoms with Crippen LogP contribution in [0.5, 0.6) is 0 Å². The highest BCUT2D eigenvalue weighted by atomic mass is 19.1. The van der Waals surface area contributed by atoms with Crippen molar-refractivity contribution in [1.82, 2.24) is 10.2 Å². The molecule has 1 aromatic carbocycles. The number of piperidine rings is 3. The van der Waals surface area contributed by atoms with E-state index in [2.05, 4.69) is 22.6 Å². The number of amides is 2. The van der Waals surface area contributed by atoms with Crippen LogP contribution in [-0.2, 0) is 9.59 Å². The second kappa shape index (κ2) is 5.55. The van der Waals surface area contributed by atoms with Gasteiger partial charge in [-0.25, -0.2) is 4.39 Å². The first-order chi connectivity index (χ1) is 11.5. The van der Waals surface area contributed by atoms with Gasteiger partial charge in [-0.2, -0.15) is 0 Å². The molecule has 0 aromatic heterocycles. The fraction of sp³-hybridized carbons (Fsp3) is 0.556. The molecular formula is C18H22FN3O2. The SMILES string of the molecule is CN1CCC(c2ccc(NC34CC(C3)C(=O)NC4=O)cc2F)CC1. The van der Waals surface area contributed by atoms with E-state index in [0.717, 1.165) is 31.5 Å². The molecule has 0 spiro atoms. The van der Waals surface area contributed by atoms with Crippen molar-refractivity contribution in [2.45, 2.75) is 37.1 Å². The highest BCUT2D eigenvalue weighted by molar-refractivity contribution is 6.08. The summed E-state index contributed by atoms with van der Waals surface area (Å²) in [5, 5.41) is 5.54. The minimum atomic E-state index is -0.750. The molecule has 4 fully saturated rings. The molecule has 1 aromatic rings. The van der Waals surface area contributed by atoms with Crippen LogP contribution in [0.1, 0.15) is 37.2 Å². The number of halogens is 1. The van der Waals surface area contributed by atoms with Crippen LogP contribution >= 0.6 is 0 Å². The fourth-order valence-electron chi connectivity index (χ4n) is 4.18. The second-order valence-corrected chi connectivity index (χ2v) is 7.44. The predicted octanol–water partition coefficient (Wildman–Crippen LogP) is 1.85. The van der Waals surface area contributed by atoms with E-state index in [0.29, 0.717) is 18.5 Å². The summed E-state index contributed by atoms with van der Waals surface area (Å²) in [5.41, 5.74) is 0.619. The molecule has 2 amide bonds. The zero-order chi connectivity index (χ0) is 16.9. The number of nitrogens with zero attached hydrogens (tertiary/aromatic N) is 1. The number of benzene rings is 1. The molecule has 0 atom stereocenters. The summed E-state index contributed by atoms with van der Waals surface area (Å²) < 4.78 is 14.6. The van der Waals surface area contributed by atoms with Crippen LogP contribution in [0.25, 0.3) is 0 Å². The lowest BCUT2D eigenvalue weighted by Crippen LogP contribution is -2.69. The van der Waals surface area contributed by atoms with Gasteiger partial charge in [-0.3, -0.25) is 14.9 Å². The Labute approximate surface area is 140 Å². The van der Waals surface area contributed by atoms with E-state index in [9.17, 15) is 14.0 Å². The number of hydrogen-bond acceptors (Lipinski definition) is 4. The summed E-state index contributed by atoms with van der Waals surface area (Å²) >= 11 is 0. The van der Waals surface area contributed by atoms with E-state index in [-0.39, 0.29) is 29.5 Å². The minimum absolute atomic E-state index is 0.0986. The second-order valence-electron chi connectivity index (χ2n) is 7.44. The first kappa shape index (κ1) is 15.6.